The van der Waals surface area contributed by atoms with Crippen LogP contribution < -0.4 is 10.6 Å². The van der Waals surface area contributed by atoms with E-state index in [2.05, 4.69) is 43.2 Å². The van der Waals surface area contributed by atoms with E-state index in [9.17, 15) is 24.3 Å². The van der Waals surface area contributed by atoms with Gasteiger partial charge in [-0.2, -0.15) is 0 Å². The lowest BCUT2D eigenvalue weighted by molar-refractivity contribution is -0.137. The number of carbonyl (C=O) groups excluding carboxylic acids is 4. The molecule has 0 aromatic carbocycles. The molecule has 2 unspecified atom stereocenters. The second-order valence-corrected chi connectivity index (χ2v) is 19.7. The topological polar surface area (TPSA) is 134 Å². The Kier molecular flexibility index (Phi) is 17.8. The Morgan fingerprint density at radius 1 is 1.00 bits per heavy atom. The third-order valence-electron chi connectivity index (χ3n) is 14.4. The maximum Gasteiger partial charge on any atom is 0.253 e. The molecule has 4 amide bonds. The van der Waals surface area contributed by atoms with Gasteiger partial charge in [0, 0.05) is 50.4 Å². The fourth-order valence-electron chi connectivity index (χ4n) is 10.1. The molecule has 3 N–H and O–H groups in total. The molecule has 10 nitrogen and oxygen atoms in total. The summed E-state index contributed by atoms with van der Waals surface area (Å²) in [6.07, 6.45) is 22.6. The average molecular weight is 822 g/mol. The number of amides is 4. The molecule has 1 aliphatic heterocycles. The SMILES string of the molecule is C=C1CC[C@H](OCCCNC(=O)CC(C)(CC)OCCC(C)(CC)NC(=O)CCN2C(=O)C=CC2=O)C/C1=C/C=C1\CCC[C@]2(C)[C@@H]([C@H](C)CCCC(C)(C)O)CC[C@@H]12. The summed E-state index contributed by atoms with van der Waals surface area (Å²) in [5.41, 5.74) is 2.78. The molecular weight excluding hydrogens is 743 g/mol. The number of carbonyl (C=O) groups is 4. The summed E-state index contributed by atoms with van der Waals surface area (Å²) in [6.45, 7) is 22.7. The fourth-order valence-corrected chi connectivity index (χ4v) is 10.1. The van der Waals surface area contributed by atoms with Crippen LogP contribution in [0.2, 0.25) is 0 Å². The van der Waals surface area contributed by atoms with Crippen LogP contribution in [0, 0.1) is 23.2 Å². The summed E-state index contributed by atoms with van der Waals surface area (Å²) in [6, 6.07) is 0. The summed E-state index contributed by atoms with van der Waals surface area (Å²) in [4.78, 5) is 50.4. The van der Waals surface area contributed by atoms with Crippen LogP contribution in [0.4, 0.5) is 0 Å². The highest BCUT2D eigenvalue weighted by atomic mass is 16.5. The summed E-state index contributed by atoms with van der Waals surface area (Å²) in [5, 5.41) is 16.3. The molecule has 332 valence electrons. The van der Waals surface area contributed by atoms with E-state index < -0.39 is 28.6 Å². The molecule has 4 rings (SSSR count). The van der Waals surface area contributed by atoms with E-state index in [1.807, 2.05) is 41.5 Å². The second kappa shape index (κ2) is 21.6. The molecule has 3 fully saturated rings. The number of allylic oxidation sites excluding steroid dienone is 4. The minimum Gasteiger partial charge on any atom is -0.390 e. The lowest BCUT2D eigenvalue weighted by atomic mass is 9.60. The Hall–Kier alpha value is -3.08. The first-order valence-corrected chi connectivity index (χ1v) is 23.0. The fraction of sp³-hybridized carbons (Fsp3) is 0.755. The Balaban J connectivity index is 1.16. The Labute approximate surface area is 356 Å². The van der Waals surface area contributed by atoms with Gasteiger partial charge in [0.1, 0.15) is 0 Å². The molecule has 4 aliphatic rings. The van der Waals surface area contributed by atoms with Gasteiger partial charge in [-0.05, 0) is 140 Å². The van der Waals surface area contributed by atoms with E-state index in [0.29, 0.717) is 56.3 Å². The highest BCUT2D eigenvalue weighted by Gasteiger charge is 2.50. The van der Waals surface area contributed by atoms with Crippen molar-refractivity contribution in [2.75, 3.05) is 26.3 Å². The van der Waals surface area contributed by atoms with Gasteiger partial charge in [-0.15, -0.1) is 0 Å². The van der Waals surface area contributed by atoms with Gasteiger partial charge in [0.2, 0.25) is 11.8 Å². The lowest BCUT2D eigenvalue weighted by Crippen LogP contribution is -2.48. The first-order chi connectivity index (χ1) is 27.8. The van der Waals surface area contributed by atoms with Crippen LogP contribution in [-0.2, 0) is 28.7 Å². The van der Waals surface area contributed by atoms with Crippen molar-refractivity contribution >= 4 is 23.6 Å². The van der Waals surface area contributed by atoms with E-state index in [4.69, 9.17) is 9.47 Å². The van der Waals surface area contributed by atoms with Crippen molar-refractivity contribution < 1.29 is 33.8 Å². The van der Waals surface area contributed by atoms with Gasteiger partial charge in [0.15, 0.2) is 0 Å². The summed E-state index contributed by atoms with van der Waals surface area (Å²) in [5.74, 6) is 1.02. The molecule has 1 heterocycles. The van der Waals surface area contributed by atoms with Gasteiger partial charge in [0.25, 0.3) is 11.8 Å². The van der Waals surface area contributed by atoms with Crippen molar-refractivity contribution in [2.24, 2.45) is 23.2 Å². The zero-order chi connectivity index (χ0) is 43.4. The van der Waals surface area contributed by atoms with E-state index in [1.54, 1.807) is 5.57 Å². The quantitative estimate of drug-likeness (QED) is 0.0693. The van der Waals surface area contributed by atoms with Crippen molar-refractivity contribution in [3.8, 4) is 0 Å². The lowest BCUT2D eigenvalue weighted by Gasteiger charge is -2.44. The summed E-state index contributed by atoms with van der Waals surface area (Å²) >= 11 is 0. The highest BCUT2D eigenvalue weighted by molar-refractivity contribution is 6.13. The highest BCUT2D eigenvalue weighted by Crippen LogP contribution is 2.60. The first-order valence-electron chi connectivity index (χ1n) is 23.0. The van der Waals surface area contributed by atoms with Crippen LogP contribution in [0.15, 0.2) is 47.6 Å². The minimum absolute atomic E-state index is 0.0360. The molecule has 7 atom stereocenters. The molecule has 0 bridgehead atoms. The predicted octanol–water partition coefficient (Wildman–Crippen LogP) is 8.83. The van der Waals surface area contributed by atoms with Gasteiger partial charge in [-0.3, -0.25) is 24.1 Å². The van der Waals surface area contributed by atoms with E-state index in [0.717, 1.165) is 49.3 Å². The van der Waals surface area contributed by atoms with Crippen molar-refractivity contribution in [3.05, 3.63) is 47.6 Å². The Bertz CT molecular complexity index is 1560. The molecule has 0 radical (unpaired) electrons. The van der Waals surface area contributed by atoms with Crippen LogP contribution in [0.3, 0.4) is 0 Å². The monoisotopic (exact) mass is 822 g/mol. The number of aliphatic hydroxyl groups is 1. The van der Waals surface area contributed by atoms with Crippen LogP contribution >= 0.6 is 0 Å². The number of ether oxygens (including phenoxy) is 2. The molecule has 0 aromatic heterocycles. The number of fused-ring (bicyclic) bond motifs is 1. The molecular formula is C49H79N3O7. The smallest absolute Gasteiger partial charge is 0.253 e. The number of hydrogen-bond donors (Lipinski definition) is 3. The van der Waals surface area contributed by atoms with Gasteiger partial charge in [-0.25, -0.2) is 0 Å². The van der Waals surface area contributed by atoms with E-state index >= 15 is 0 Å². The molecule has 3 aliphatic carbocycles. The van der Waals surface area contributed by atoms with Crippen molar-refractivity contribution in [3.63, 3.8) is 0 Å². The van der Waals surface area contributed by atoms with Gasteiger partial charge in [-0.1, -0.05) is 70.4 Å². The number of nitrogens with zero attached hydrogens (tertiary/aromatic N) is 1. The molecule has 10 heteroatoms. The Morgan fingerprint density at radius 3 is 2.41 bits per heavy atom. The minimum atomic E-state index is -0.641. The summed E-state index contributed by atoms with van der Waals surface area (Å²) < 4.78 is 12.6. The van der Waals surface area contributed by atoms with Crippen LogP contribution in [0.25, 0.3) is 0 Å². The van der Waals surface area contributed by atoms with Crippen LogP contribution in [-0.4, -0.2) is 82.8 Å². The third kappa shape index (κ3) is 14.2. The number of nitrogens with one attached hydrogen (secondary N) is 2. The predicted molar refractivity (Wildman–Crippen MR) is 235 cm³/mol. The van der Waals surface area contributed by atoms with E-state index in [1.165, 1.54) is 61.8 Å². The molecule has 0 aromatic rings. The van der Waals surface area contributed by atoms with Gasteiger partial charge in [0.05, 0.1) is 23.7 Å². The van der Waals surface area contributed by atoms with Crippen molar-refractivity contribution in [2.45, 2.75) is 187 Å². The largest absolute Gasteiger partial charge is 0.390 e. The van der Waals surface area contributed by atoms with Crippen molar-refractivity contribution in [1.29, 1.82) is 0 Å². The number of hydrogen-bond acceptors (Lipinski definition) is 7. The maximum atomic E-state index is 13.0. The third-order valence-corrected chi connectivity index (χ3v) is 14.4. The second-order valence-electron chi connectivity index (χ2n) is 19.7. The van der Waals surface area contributed by atoms with E-state index in [-0.39, 0.29) is 37.3 Å². The molecule has 59 heavy (non-hydrogen) atoms. The maximum absolute atomic E-state index is 13.0. The Morgan fingerprint density at radius 2 is 1.73 bits per heavy atom. The standard InChI is InChI=1S/C49H79N3O7/c1-10-47(7,51-42(53)25-30-52-44(55)23-24-45(52)56)28-32-59-48(8,11-2)34-43(54)50-29-14-31-58-39-20-17-35(3)38(33-39)19-18-37-16-13-27-49(9)40(21-22-41(37)49)36(4)15-12-26-46(5,6)57/h18-19,23-24,36,39-41,57H,3,10-17,20-22,25-34H2,1-2,4-9H3,(H,50,54)(H,51,53)/b37-18+,38-19-/t36-,39+,40-,41+,47?,48?,49-/m1/s1. The van der Waals surface area contributed by atoms with Gasteiger partial charge >= 0.3 is 0 Å². The van der Waals surface area contributed by atoms with Crippen LogP contribution in [0.1, 0.15) is 165 Å². The number of imide groups is 1. The number of rotatable bonds is 23. The van der Waals surface area contributed by atoms with Crippen LogP contribution in [0.5, 0.6) is 0 Å². The van der Waals surface area contributed by atoms with Gasteiger partial charge < -0.3 is 25.2 Å². The zero-order valence-corrected chi connectivity index (χ0v) is 38.0. The van der Waals surface area contributed by atoms with Crippen molar-refractivity contribution in [1.82, 2.24) is 15.5 Å². The first kappa shape index (κ1) is 48.6. The average Bonchev–Trinajstić information content (AvgIpc) is 3.70. The zero-order valence-electron chi connectivity index (χ0n) is 38.0. The normalized spacial score (nSPS) is 27.5. The summed E-state index contributed by atoms with van der Waals surface area (Å²) in [7, 11) is 0. The molecule has 3 saturated carbocycles. The molecule has 0 spiro atoms. The molecule has 0 saturated heterocycles.